The topological polar surface area (TPSA) is 55.1 Å². The zero-order valence-electron chi connectivity index (χ0n) is 9.16. The molecule has 1 aromatic carbocycles. The molecule has 0 heterocycles. The van der Waals surface area contributed by atoms with Gasteiger partial charge >= 0.3 is 0 Å². The van der Waals surface area contributed by atoms with Crippen LogP contribution in [0.4, 0.5) is 10.1 Å². The van der Waals surface area contributed by atoms with Gasteiger partial charge in [0.05, 0.1) is 5.69 Å². The third-order valence-electron chi connectivity index (χ3n) is 2.07. The molecule has 0 radical (unpaired) electrons. The van der Waals surface area contributed by atoms with Crippen LogP contribution < -0.4 is 11.1 Å². The second-order valence-electron chi connectivity index (χ2n) is 3.42. The number of para-hydroxylation sites is 1. The summed E-state index contributed by atoms with van der Waals surface area (Å²) in [6.45, 7) is 2.04. The highest BCUT2D eigenvalue weighted by Gasteiger charge is 1.99. The molecular weight excluding hydrogens is 207 g/mol. The second-order valence-corrected chi connectivity index (χ2v) is 3.42. The smallest absolute Gasteiger partial charge is 0.216 e. The quantitative estimate of drug-likeness (QED) is 0.604. The molecule has 86 valence electrons. The van der Waals surface area contributed by atoms with Crippen LogP contribution in [0.2, 0.25) is 0 Å². The summed E-state index contributed by atoms with van der Waals surface area (Å²) in [5.41, 5.74) is 6.36. The van der Waals surface area contributed by atoms with Crippen molar-refractivity contribution in [3.8, 4) is 0 Å². The number of carbonyl (C=O) groups is 1. The van der Waals surface area contributed by atoms with Crippen molar-refractivity contribution in [2.75, 3.05) is 12.3 Å². The molecule has 0 fully saturated rings. The van der Waals surface area contributed by atoms with Crippen molar-refractivity contribution < 1.29 is 9.18 Å². The molecule has 0 aliphatic carbocycles. The van der Waals surface area contributed by atoms with Crippen LogP contribution in [0.1, 0.15) is 18.9 Å². The highest BCUT2D eigenvalue weighted by molar-refractivity contribution is 5.72. The van der Waals surface area contributed by atoms with Gasteiger partial charge in [-0.3, -0.25) is 4.79 Å². The SMILES string of the molecule is CC(=O)NCCC=Cc1cccc(F)c1N. The Labute approximate surface area is 94.1 Å². The zero-order valence-corrected chi connectivity index (χ0v) is 9.16. The van der Waals surface area contributed by atoms with Gasteiger partial charge in [0.1, 0.15) is 5.82 Å². The number of anilines is 1. The molecule has 0 bridgehead atoms. The van der Waals surface area contributed by atoms with Crippen molar-refractivity contribution in [2.45, 2.75) is 13.3 Å². The van der Waals surface area contributed by atoms with Gasteiger partial charge in [0.25, 0.3) is 0 Å². The summed E-state index contributed by atoms with van der Waals surface area (Å²) in [6.07, 6.45) is 4.29. The molecule has 1 amide bonds. The third-order valence-corrected chi connectivity index (χ3v) is 2.07. The lowest BCUT2D eigenvalue weighted by molar-refractivity contribution is -0.118. The van der Waals surface area contributed by atoms with Crippen molar-refractivity contribution in [1.29, 1.82) is 0 Å². The van der Waals surface area contributed by atoms with Gasteiger partial charge in [0, 0.05) is 19.0 Å². The van der Waals surface area contributed by atoms with Gasteiger partial charge in [-0.15, -0.1) is 0 Å². The van der Waals surface area contributed by atoms with Gasteiger partial charge in [-0.05, 0) is 12.5 Å². The molecule has 0 aromatic heterocycles. The van der Waals surface area contributed by atoms with E-state index >= 15 is 0 Å². The number of rotatable bonds is 4. The first-order chi connectivity index (χ1) is 7.61. The van der Waals surface area contributed by atoms with Crippen molar-refractivity contribution in [1.82, 2.24) is 5.32 Å². The summed E-state index contributed by atoms with van der Waals surface area (Å²) in [5.74, 6) is -0.470. The van der Waals surface area contributed by atoms with Crippen LogP contribution in [0.25, 0.3) is 6.08 Å². The van der Waals surface area contributed by atoms with E-state index in [2.05, 4.69) is 5.32 Å². The normalized spacial score (nSPS) is 10.6. The maximum atomic E-state index is 13.0. The Kier molecular flexibility index (Phi) is 4.51. The standard InChI is InChI=1S/C12H15FN2O/c1-9(16)15-8-3-2-5-10-6-4-7-11(13)12(10)14/h2,4-7H,3,8,14H2,1H3,(H,15,16). The van der Waals surface area contributed by atoms with Crippen LogP contribution in [0, 0.1) is 5.82 Å². The Hall–Kier alpha value is -1.84. The molecule has 0 spiro atoms. The Morgan fingerprint density at radius 2 is 2.31 bits per heavy atom. The average Bonchev–Trinajstić information content (AvgIpc) is 2.23. The first-order valence-corrected chi connectivity index (χ1v) is 5.06. The van der Waals surface area contributed by atoms with Crippen molar-refractivity contribution in [2.24, 2.45) is 0 Å². The molecule has 0 aliphatic heterocycles. The number of nitrogen functional groups attached to an aromatic ring is 1. The minimum Gasteiger partial charge on any atom is -0.396 e. The predicted octanol–water partition coefficient (Wildman–Crippen LogP) is 1.95. The summed E-state index contributed by atoms with van der Waals surface area (Å²) in [4.78, 5) is 10.6. The second kappa shape index (κ2) is 5.90. The number of halogens is 1. The predicted molar refractivity (Wildman–Crippen MR) is 63.1 cm³/mol. The molecule has 0 atom stereocenters. The van der Waals surface area contributed by atoms with Gasteiger partial charge in [-0.1, -0.05) is 24.3 Å². The molecule has 3 nitrogen and oxygen atoms in total. The van der Waals surface area contributed by atoms with Gasteiger partial charge in [0.15, 0.2) is 0 Å². The number of benzene rings is 1. The van der Waals surface area contributed by atoms with Crippen LogP contribution in [-0.2, 0) is 4.79 Å². The molecular formula is C12H15FN2O. The van der Waals surface area contributed by atoms with E-state index in [4.69, 9.17) is 5.73 Å². The van der Waals surface area contributed by atoms with E-state index in [1.165, 1.54) is 13.0 Å². The summed E-state index contributed by atoms with van der Waals surface area (Å²) in [5, 5.41) is 2.66. The Morgan fingerprint density at radius 3 is 3.00 bits per heavy atom. The van der Waals surface area contributed by atoms with E-state index in [0.29, 0.717) is 18.5 Å². The van der Waals surface area contributed by atoms with E-state index in [1.54, 1.807) is 18.2 Å². The lowest BCUT2D eigenvalue weighted by Gasteiger charge is -2.01. The maximum Gasteiger partial charge on any atom is 0.216 e. The molecule has 1 aromatic rings. The van der Waals surface area contributed by atoms with E-state index < -0.39 is 5.82 Å². The number of carbonyl (C=O) groups excluding carboxylic acids is 1. The summed E-state index contributed by atoms with van der Waals surface area (Å²) in [7, 11) is 0. The van der Waals surface area contributed by atoms with Gasteiger partial charge in [-0.25, -0.2) is 4.39 Å². The molecule has 0 unspecified atom stereocenters. The highest BCUT2D eigenvalue weighted by atomic mass is 19.1. The van der Waals surface area contributed by atoms with Gasteiger partial charge < -0.3 is 11.1 Å². The lowest BCUT2D eigenvalue weighted by Crippen LogP contribution is -2.20. The summed E-state index contributed by atoms with van der Waals surface area (Å²) >= 11 is 0. The molecule has 0 aliphatic rings. The van der Waals surface area contributed by atoms with E-state index in [-0.39, 0.29) is 11.6 Å². The highest BCUT2D eigenvalue weighted by Crippen LogP contribution is 2.17. The lowest BCUT2D eigenvalue weighted by atomic mass is 10.1. The Balaban J connectivity index is 2.50. The fourth-order valence-electron chi connectivity index (χ4n) is 1.24. The largest absolute Gasteiger partial charge is 0.396 e. The molecule has 16 heavy (non-hydrogen) atoms. The van der Waals surface area contributed by atoms with Crippen LogP contribution in [0.15, 0.2) is 24.3 Å². The van der Waals surface area contributed by atoms with Crippen LogP contribution in [0.3, 0.4) is 0 Å². The number of nitrogens with two attached hydrogens (primary N) is 1. The average molecular weight is 222 g/mol. The Morgan fingerprint density at radius 1 is 1.56 bits per heavy atom. The number of hydrogen-bond acceptors (Lipinski definition) is 2. The van der Waals surface area contributed by atoms with Crippen molar-refractivity contribution >= 4 is 17.7 Å². The fraction of sp³-hybridized carbons (Fsp3) is 0.250. The van der Waals surface area contributed by atoms with E-state index in [1.807, 2.05) is 6.08 Å². The van der Waals surface area contributed by atoms with E-state index in [0.717, 1.165) is 0 Å². The number of nitrogens with one attached hydrogen (secondary N) is 1. The number of amides is 1. The summed E-state index contributed by atoms with van der Waals surface area (Å²) in [6, 6.07) is 4.68. The Bertz CT molecular complexity index is 402. The fourth-order valence-corrected chi connectivity index (χ4v) is 1.24. The van der Waals surface area contributed by atoms with Gasteiger partial charge in [0.2, 0.25) is 5.91 Å². The first kappa shape index (κ1) is 12.2. The first-order valence-electron chi connectivity index (χ1n) is 5.06. The molecule has 1 rings (SSSR count). The van der Waals surface area contributed by atoms with Crippen molar-refractivity contribution in [3.63, 3.8) is 0 Å². The van der Waals surface area contributed by atoms with Crippen LogP contribution >= 0.6 is 0 Å². The number of hydrogen-bond donors (Lipinski definition) is 2. The van der Waals surface area contributed by atoms with Crippen LogP contribution in [0.5, 0.6) is 0 Å². The van der Waals surface area contributed by atoms with Gasteiger partial charge in [-0.2, -0.15) is 0 Å². The molecule has 0 saturated carbocycles. The minimum atomic E-state index is -0.413. The minimum absolute atomic E-state index is 0.0568. The maximum absolute atomic E-state index is 13.0. The molecule has 3 N–H and O–H groups in total. The molecule has 0 saturated heterocycles. The molecule has 4 heteroatoms. The van der Waals surface area contributed by atoms with E-state index in [9.17, 15) is 9.18 Å². The summed E-state index contributed by atoms with van der Waals surface area (Å²) < 4.78 is 13.0. The van der Waals surface area contributed by atoms with Crippen LogP contribution in [-0.4, -0.2) is 12.5 Å². The monoisotopic (exact) mass is 222 g/mol. The zero-order chi connectivity index (χ0) is 12.0. The third kappa shape index (κ3) is 3.73. The van der Waals surface area contributed by atoms with Crippen molar-refractivity contribution in [3.05, 3.63) is 35.7 Å².